The number of oxazole rings is 1. The maximum Gasteiger partial charge on any atom is 0.267 e. The van der Waals surface area contributed by atoms with E-state index in [1.54, 1.807) is 4.57 Å². The van der Waals surface area contributed by atoms with Gasteiger partial charge in [0.1, 0.15) is 5.76 Å². The molecule has 6 aromatic rings. The number of rotatable bonds is 5. The van der Waals surface area contributed by atoms with Crippen LogP contribution in [0.3, 0.4) is 0 Å². The van der Waals surface area contributed by atoms with Crippen LogP contribution < -0.4 is 5.56 Å². The van der Waals surface area contributed by atoms with Gasteiger partial charge < -0.3 is 4.42 Å². The molecule has 0 amide bonds. The van der Waals surface area contributed by atoms with Crippen molar-refractivity contribution in [2.24, 2.45) is 0 Å². The first-order valence-corrected chi connectivity index (χ1v) is 12.6. The quantitative estimate of drug-likeness (QED) is 0.278. The molecular formula is C28H23N5O2S. The van der Waals surface area contributed by atoms with Crippen LogP contribution in [0.4, 0.5) is 0 Å². The molecule has 0 aliphatic carbocycles. The molecule has 0 saturated carbocycles. The first-order chi connectivity index (χ1) is 17.5. The first-order valence-electron chi connectivity index (χ1n) is 11.6. The molecule has 0 atom stereocenters. The lowest BCUT2D eigenvalue weighted by Crippen LogP contribution is -2.22. The van der Waals surface area contributed by atoms with Crippen LogP contribution in [0.1, 0.15) is 22.6 Å². The standard InChI is InChI=1S/C28H23N5O2S/c1-17-10-9-15-23(18(17)2)32-26(34)21-13-7-8-14-24(21)33-27(32)30-31-28(33)36-16-22-19(3)35-25(29-22)20-11-5-4-6-12-20/h4-15H,16H2,1-3H3. The number of fused-ring (bicyclic) bond motifs is 3. The van der Waals surface area contributed by atoms with Crippen molar-refractivity contribution >= 4 is 28.4 Å². The third kappa shape index (κ3) is 3.61. The summed E-state index contributed by atoms with van der Waals surface area (Å²) in [5, 5.41) is 10.3. The number of hydrogen-bond donors (Lipinski definition) is 0. The van der Waals surface area contributed by atoms with E-state index in [-0.39, 0.29) is 5.56 Å². The van der Waals surface area contributed by atoms with Crippen LogP contribution in [0, 0.1) is 20.8 Å². The minimum Gasteiger partial charge on any atom is -0.441 e. The Labute approximate surface area is 211 Å². The molecule has 3 heterocycles. The molecule has 0 radical (unpaired) electrons. The zero-order valence-corrected chi connectivity index (χ0v) is 20.9. The number of aryl methyl sites for hydroxylation is 2. The second kappa shape index (κ2) is 8.80. The Morgan fingerprint density at radius 3 is 2.50 bits per heavy atom. The summed E-state index contributed by atoms with van der Waals surface area (Å²) in [7, 11) is 0. The number of thioether (sulfide) groups is 1. The third-order valence-corrected chi connectivity index (χ3v) is 7.40. The SMILES string of the molecule is Cc1cccc(-n2c(=O)c3ccccc3n3c(SCc4nc(-c5ccccc5)oc4C)nnc23)c1C. The van der Waals surface area contributed by atoms with E-state index in [9.17, 15) is 4.79 Å². The normalized spacial score (nSPS) is 11.5. The molecule has 36 heavy (non-hydrogen) atoms. The molecule has 0 N–H and O–H groups in total. The molecular weight excluding hydrogens is 470 g/mol. The Kier molecular flexibility index (Phi) is 5.45. The highest BCUT2D eigenvalue weighted by Crippen LogP contribution is 2.29. The number of benzene rings is 3. The summed E-state index contributed by atoms with van der Waals surface area (Å²) in [5.74, 6) is 2.41. The molecule has 8 heteroatoms. The fourth-order valence-electron chi connectivity index (χ4n) is 4.37. The van der Waals surface area contributed by atoms with Crippen molar-refractivity contribution in [1.29, 1.82) is 0 Å². The van der Waals surface area contributed by atoms with Crippen LogP contribution in [0.25, 0.3) is 33.8 Å². The molecule has 0 fully saturated rings. The fourth-order valence-corrected chi connectivity index (χ4v) is 5.31. The predicted octanol–water partition coefficient (Wildman–Crippen LogP) is 5.91. The van der Waals surface area contributed by atoms with Gasteiger partial charge in [-0.25, -0.2) is 9.55 Å². The van der Waals surface area contributed by atoms with Gasteiger partial charge in [-0.2, -0.15) is 0 Å². The molecule has 0 saturated heterocycles. The van der Waals surface area contributed by atoms with E-state index in [0.717, 1.165) is 39.3 Å². The smallest absolute Gasteiger partial charge is 0.267 e. The summed E-state index contributed by atoms with van der Waals surface area (Å²) >= 11 is 1.52. The van der Waals surface area contributed by atoms with Crippen molar-refractivity contribution in [3.8, 4) is 17.1 Å². The molecule has 0 spiro atoms. The topological polar surface area (TPSA) is 78.2 Å². The highest BCUT2D eigenvalue weighted by molar-refractivity contribution is 7.98. The van der Waals surface area contributed by atoms with Crippen LogP contribution in [0.15, 0.2) is 87.2 Å². The largest absolute Gasteiger partial charge is 0.441 e. The summed E-state index contributed by atoms with van der Waals surface area (Å²) < 4.78 is 9.55. The van der Waals surface area contributed by atoms with Crippen LogP contribution in [-0.4, -0.2) is 24.1 Å². The lowest BCUT2D eigenvalue weighted by Gasteiger charge is -2.14. The van der Waals surface area contributed by atoms with Gasteiger partial charge in [0.2, 0.25) is 11.7 Å². The minimum absolute atomic E-state index is 0.115. The molecule has 6 rings (SSSR count). The second-order valence-electron chi connectivity index (χ2n) is 8.67. The van der Waals surface area contributed by atoms with Crippen LogP contribution >= 0.6 is 11.8 Å². The molecule has 7 nitrogen and oxygen atoms in total. The van der Waals surface area contributed by atoms with Gasteiger partial charge in [-0.1, -0.05) is 54.2 Å². The summed E-state index contributed by atoms with van der Waals surface area (Å²) in [5.41, 5.74) is 5.39. The van der Waals surface area contributed by atoms with Gasteiger partial charge in [0.15, 0.2) is 5.16 Å². The van der Waals surface area contributed by atoms with Gasteiger partial charge in [-0.15, -0.1) is 10.2 Å². The van der Waals surface area contributed by atoms with Gasteiger partial charge in [0, 0.05) is 11.3 Å². The van der Waals surface area contributed by atoms with Crippen molar-refractivity contribution in [3.05, 3.63) is 106 Å². The summed E-state index contributed by atoms with van der Waals surface area (Å²) in [6, 6.07) is 23.4. The summed E-state index contributed by atoms with van der Waals surface area (Å²) in [6.45, 7) is 5.98. The van der Waals surface area contributed by atoms with Crippen molar-refractivity contribution in [2.75, 3.05) is 0 Å². The average molecular weight is 494 g/mol. The molecule has 0 aliphatic heterocycles. The summed E-state index contributed by atoms with van der Waals surface area (Å²) in [4.78, 5) is 18.4. The summed E-state index contributed by atoms with van der Waals surface area (Å²) in [6.07, 6.45) is 0. The van der Waals surface area contributed by atoms with Crippen molar-refractivity contribution in [1.82, 2.24) is 24.1 Å². The fraction of sp³-hybridized carbons (Fsp3) is 0.143. The van der Waals surface area contributed by atoms with Crippen molar-refractivity contribution in [3.63, 3.8) is 0 Å². The molecule has 178 valence electrons. The monoisotopic (exact) mass is 493 g/mol. The van der Waals surface area contributed by atoms with Gasteiger partial charge in [-0.05, 0) is 62.2 Å². The number of para-hydroxylation sites is 1. The zero-order chi connectivity index (χ0) is 24.8. The van der Waals surface area contributed by atoms with Gasteiger partial charge in [-0.3, -0.25) is 9.20 Å². The van der Waals surface area contributed by atoms with Gasteiger partial charge >= 0.3 is 0 Å². The minimum atomic E-state index is -0.115. The van der Waals surface area contributed by atoms with E-state index < -0.39 is 0 Å². The Balaban J connectivity index is 1.47. The van der Waals surface area contributed by atoms with E-state index in [2.05, 4.69) is 10.2 Å². The molecule has 0 unspecified atom stereocenters. The Morgan fingerprint density at radius 1 is 0.889 bits per heavy atom. The number of hydrogen-bond acceptors (Lipinski definition) is 6. The maximum atomic E-state index is 13.6. The Hall–Kier alpha value is -4.17. The molecule has 3 aromatic heterocycles. The lowest BCUT2D eigenvalue weighted by atomic mass is 10.1. The lowest BCUT2D eigenvalue weighted by molar-refractivity contribution is 0.540. The van der Waals surface area contributed by atoms with E-state index >= 15 is 0 Å². The maximum absolute atomic E-state index is 13.6. The van der Waals surface area contributed by atoms with Crippen LogP contribution in [-0.2, 0) is 5.75 Å². The van der Waals surface area contributed by atoms with Crippen LogP contribution in [0.2, 0.25) is 0 Å². The van der Waals surface area contributed by atoms with E-state index in [0.29, 0.717) is 28.0 Å². The first kappa shape index (κ1) is 22.3. The Bertz CT molecular complexity index is 1800. The highest BCUT2D eigenvalue weighted by Gasteiger charge is 2.20. The predicted molar refractivity (Wildman–Crippen MR) is 142 cm³/mol. The van der Waals surface area contributed by atoms with E-state index in [1.807, 2.05) is 98.0 Å². The third-order valence-electron chi connectivity index (χ3n) is 6.46. The molecule has 0 bridgehead atoms. The van der Waals surface area contributed by atoms with Crippen molar-refractivity contribution < 1.29 is 4.42 Å². The van der Waals surface area contributed by atoms with Crippen LogP contribution in [0.5, 0.6) is 0 Å². The second-order valence-corrected chi connectivity index (χ2v) is 9.61. The molecule has 0 aliphatic rings. The van der Waals surface area contributed by atoms with E-state index in [4.69, 9.17) is 9.40 Å². The van der Waals surface area contributed by atoms with Gasteiger partial charge in [0.05, 0.1) is 22.3 Å². The molecule has 3 aromatic carbocycles. The Morgan fingerprint density at radius 2 is 1.67 bits per heavy atom. The average Bonchev–Trinajstić information content (AvgIpc) is 3.49. The zero-order valence-electron chi connectivity index (χ0n) is 20.1. The highest BCUT2D eigenvalue weighted by atomic mass is 32.2. The van der Waals surface area contributed by atoms with E-state index in [1.165, 1.54) is 11.8 Å². The van der Waals surface area contributed by atoms with Gasteiger partial charge in [0.25, 0.3) is 5.56 Å². The number of nitrogens with zero attached hydrogens (tertiary/aromatic N) is 5. The number of aromatic nitrogens is 5. The van der Waals surface area contributed by atoms with Crippen molar-refractivity contribution in [2.45, 2.75) is 31.7 Å².